The number of esters is 1. The molecule has 0 saturated heterocycles. The van der Waals surface area contributed by atoms with Crippen LogP contribution in [0.3, 0.4) is 0 Å². The Morgan fingerprint density at radius 2 is 1.43 bits per heavy atom. The minimum Gasteiger partial charge on any atom is -0.478 e. The number of carboxylic acids is 1. The molecule has 0 aliphatic carbocycles. The van der Waals surface area contributed by atoms with E-state index >= 15 is 0 Å². The molecule has 0 aromatic carbocycles. The summed E-state index contributed by atoms with van der Waals surface area (Å²) in [6, 6.07) is 0. The number of unbranched alkanes of at least 4 members (excludes halogenated alkanes) is 8. The lowest BCUT2D eigenvalue weighted by atomic mass is 9.97. The number of carbonyl (C=O) groups is 2. The standard InChI is InChI=1S/C19H34O4/c1-4-5-6-7-8-9-10-11-12-13-16(2)17(3)23-19(22)15-14-18(20)21/h14-17H,4-13H2,1-3H3,(H,20,21). The molecule has 2 unspecified atom stereocenters. The van der Waals surface area contributed by atoms with Gasteiger partial charge in [-0.25, -0.2) is 9.59 Å². The number of aliphatic carboxylic acids is 1. The quantitative estimate of drug-likeness (QED) is 0.273. The molecule has 0 amide bonds. The number of hydrogen-bond acceptors (Lipinski definition) is 3. The van der Waals surface area contributed by atoms with Crippen molar-refractivity contribution in [1.29, 1.82) is 0 Å². The van der Waals surface area contributed by atoms with E-state index in [9.17, 15) is 9.59 Å². The van der Waals surface area contributed by atoms with Crippen LogP contribution in [0.25, 0.3) is 0 Å². The monoisotopic (exact) mass is 326 g/mol. The molecule has 0 heterocycles. The summed E-state index contributed by atoms with van der Waals surface area (Å²) >= 11 is 0. The fourth-order valence-electron chi connectivity index (χ4n) is 2.49. The molecule has 4 nitrogen and oxygen atoms in total. The lowest BCUT2D eigenvalue weighted by molar-refractivity contribution is -0.145. The lowest BCUT2D eigenvalue weighted by Gasteiger charge is -2.19. The van der Waals surface area contributed by atoms with Crippen molar-refractivity contribution in [2.45, 2.75) is 91.1 Å². The van der Waals surface area contributed by atoms with Gasteiger partial charge in [0.15, 0.2) is 0 Å². The van der Waals surface area contributed by atoms with Gasteiger partial charge in [-0.15, -0.1) is 0 Å². The zero-order valence-electron chi connectivity index (χ0n) is 15.1. The van der Waals surface area contributed by atoms with E-state index in [0.717, 1.165) is 25.0 Å². The van der Waals surface area contributed by atoms with Crippen LogP contribution in [0.5, 0.6) is 0 Å². The van der Waals surface area contributed by atoms with E-state index < -0.39 is 11.9 Å². The molecule has 0 radical (unpaired) electrons. The minimum absolute atomic E-state index is 0.185. The zero-order chi connectivity index (χ0) is 17.5. The van der Waals surface area contributed by atoms with Crippen LogP contribution < -0.4 is 0 Å². The summed E-state index contributed by atoms with van der Waals surface area (Å²) in [4.78, 5) is 21.7. The second kappa shape index (κ2) is 14.3. The Morgan fingerprint density at radius 3 is 1.96 bits per heavy atom. The molecule has 0 fully saturated rings. The summed E-state index contributed by atoms with van der Waals surface area (Å²) in [5.41, 5.74) is 0. The maximum atomic E-state index is 11.4. The first-order valence-electron chi connectivity index (χ1n) is 9.09. The first kappa shape index (κ1) is 21.7. The van der Waals surface area contributed by atoms with E-state index in [1.165, 1.54) is 51.4 Å². The van der Waals surface area contributed by atoms with Crippen LogP contribution in [0.4, 0.5) is 0 Å². The summed E-state index contributed by atoms with van der Waals surface area (Å²) in [5, 5.41) is 8.46. The van der Waals surface area contributed by atoms with E-state index in [0.29, 0.717) is 5.92 Å². The van der Waals surface area contributed by atoms with Crippen molar-refractivity contribution in [3.63, 3.8) is 0 Å². The number of rotatable bonds is 14. The number of carbonyl (C=O) groups excluding carboxylic acids is 1. The number of carboxylic acid groups (broad SMARTS) is 1. The van der Waals surface area contributed by atoms with Crippen molar-refractivity contribution < 1.29 is 19.4 Å². The number of ether oxygens (including phenoxy) is 1. The maximum Gasteiger partial charge on any atom is 0.331 e. The molecule has 0 bridgehead atoms. The zero-order valence-corrected chi connectivity index (χ0v) is 15.1. The van der Waals surface area contributed by atoms with Gasteiger partial charge in [0.2, 0.25) is 0 Å². The van der Waals surface area contributed by atoms with Gasteiger partial charge in [0, 0.05) is 12.2 Å². The van der Waals surface area contributed by atoms with Crippen LogP contribution in [-0.4, -0.2) is 23.1 Å². The van der Waals surface area contributed by atoms with Gasteiger partial charge in [0.25, 0.3) is 0 Å². The Labute approximate surface area is 141 Å². The van der Waals surface area contributed by atoms with Crippen LogP contribution in [-0.2, 0) is 14.3 Å². The van der Waals surface area contributed by atoms with Crippen LogP contribution in [0, 0.1) is 5.92 Å². The Hall–Kier alpha value is -1.32. The molecule has 2 atom stereocenters. The van der Waals surface area contributed by atoms with Crippen LogP contribution >= 0.6 is 0 Å². The highest BCUT2D eigenvalue weighted by molar-refractivity contribution is 5.90. The van der Waals surface area contributed by atoms with Crippen molar-refractivity contribution in [2.75, 3.05) is 0 Å². The molecule has 0 spiro atoms. The van der Waals surface area contributed by atoms with Crippen LogP contribution in [0.2, 0.25) is 0 Å². The molecule has 1 N–H and O–H groups in total. The first-order valence-corrected chi connectivity index (χ1v) is 9.09. The van der Waals surface area contributed by atoms with Crippen molar-refractivity contribution in [2.24, 2.45) is 5.92 Å². The maximum absolute atomic E-state index is 11.4. The summed E-state index contributed by atoms with van der Waals surface area (Å²) in [6.07, 6.45) is 14.3. The summed E-state index contributed by atoms with van der Waals surface area (Å²) in [6.45, 7) is 6.18. The predicted molar refractivity (Wildman–Crippen MR) is 93.3 cm³/mol. The number of hydrogen-bond donors (Lipinski definition) is 1. The third-order valence-electron chi connectivity index (χ3n) is 4.23. The highest BCUT2D eigenvalue weighted by Gasteiger charge is 2.15. The van der Waals surface area contributed by atoms with Crippen LogP contribution in [0.15, 0.2) is 12.2 Å². The van der Waals surface area contributed by atoms with E-state index in [1.807, 2.05) is 6.92 Å². The highest BCUT2D eigenvalue weighted by Crippen LogP contribution is 2.17. The first-order chi connectivity index (χ1) is 11.0. The minimum atomic E-state index is -1.14. The molecule has 0 rings (SSSR count). The summed E-state index contributed by atoms with van der Waals surface area (Å²) < 4.78 is 5.21. The second-order valence-electron chi connectivity index (χ2n) is 6.41. The molecular formula is C19H34O4. The average Bonchev–Trinajstić information content (AvgIpc) is 2.51. The van der Waals surface area contributed by atoms with Crippen molar-refractivity contribution in [3.8, 4) is 0 Å². The smallest absolute Gasteiger partial charge is 0.331 e. The molecule has 0 aliphatic heterocycles. The third-order valence-corrected chi connectivity index (χ3v) is 4.23. The van der Waals surface area contributed by atoms with Gasteiger partial charge in [-0.3, -0.25) is 0 Å². The van der Waals surface area contributed by atoms with Crippen LogP contribution in [0.1, 0.15) is 85.0 Å². The van der Waals surface area contributed by atoms with E-state index in [-0.39, 0.29) is 6.10 Å². The van der Waals surface area contributed by atoms with Gasteiger partial charge in [-0.2, -0.15) is 0 Å². The SMILES string of the molecule is CCCCCCCCCCCC(C)C(C)OC(=O)C=CC(=O)O. The second-order valence-corrected chi connectivity index (χ2v) is 6.41. The van der Waals surface area contributed by atoms with E-state index in [1.54, 1.807) is 0 Å². The molecular weight excluding hydrogens is 292 g/mol. The highest BCUT2D eigenvalue weighted by atomic mass is 16.5. The van der Waals surface area contributed by atoms with Crippen molar-refractivity contribution in [1.82, 2.24) is 0 Å². The van der Waals surface area contributed by atoms with Gasteiger partial charge < -0.3 is 9.84 Å². The lowest BCUT2D eigenvalue weighted by Crippen LogP contribution is -2.21. The fourth-order valence-corrected chi connectivity index (χ4v) is 2.49. The predicted octanol–water partition coefficient (Wildman–Crippen LogP) is 5.12. The third kappa shape index (κ3) is 14.0. The Bertz CT molecular complexity index is 349. The van der Waals surface area contributed by atoms with Gasteiger partial charge in [0.1, 0.15) is 6.10 Å². The molecule has 0 aliphatic rings. The van der Waals surface area contributed by atoms with Gasteiger partial charge in [-0.1, -0.05) is 71.6 Å². The Morgan fingerprint density at radius 1 is 0.913 bits per heavy atom. The topological polar surface area (TPSA) is 63.6 Å². The molecule has 134 valence electrons. The average molecular weight is 326 g/mol. The molecule has 0 saturated carbocycles. The molecule has 0 aromatic heterocycles. The van der Waals surface area contributed by atoms with Crippen molar-refractivity contribution >= 4 is 11.9 Å². The van der Waals surface area contributed by atoms with Gasteiger partial charge in [-0.05, 0) is 19.3 Å². The Balaban J connectivity index is 3.63. The largest absolute Gasteiger partial charge is 0.478 e. The van der Waals surface area contributed by atoms with E-state index in [4.69, 9.17) is 9.84 Å². The Kier molecular flexibility index (Phi) is 13.5. The fraction of sp³-hybridized carbons (Fsp3) is 0.789. The molecule has 4 heteroatoms. The van der Waals surface area contributed by atoms with Gasteiger partial charge >= 0.3 is 11.9 Å². The molecule has 23 heavy (non-hydrogen) atoms. The summed E-state index contributed by atoms with van der Waals surface area (Å²) in [5.74, 6) is -1.43. The van der Waals surface area contributed by atoms with E-state index in [2.05, 4.69) is 13.8 Å². The summed E-state index contributed by atoms with van der Waals surface area (Å²) in [7, 11) is 0. The van der Waals surface area contributed by atoms with Crippen molar-refractivity contribution in [3.05, 3.63) is 12.2 Å². The molecule has 0 aromatic rings. The normalized spacial score (nSPS) is 13.9. The van der Waals surface area contributed by atoms with Gasteiger partial charge in [0.05, 0.1) is 0 Å².